The first-order chi connectivity index (χ1) is 19.2. The van der Waals surface area contributed by atoms with Crippen LogP contribution in [-0.2, 0) is 21.2 Å². The van der Waals surface area contributed by atoms with Crippen molar-refractivity contribution in [1.29, 1.82) is 0 Å². The standard InChI is InChI=1S/C30H40N4O4S2/c1-4-24-6-11-27-28(19-24)39-30(31-27)34(13-5-12-32-14-16-38-17-15-32)29(35)25-7-9-26(10-8-25)40(36,37)33-20-22(2)18-23(3)21-33/h6-11,19,22-23H,4-5,12-18,20-21H2,1-3H3. The zero-order valence-corrected chi connectivity index (χ0v) is 25.3. The number of amides is 1. The van der Waals surface area contributed by atoms with E-state index in [2.05, 4.69) is 37.8 Å². The van der Waals surface area contributed by atoms with Crippen molar-refractivity contribution in [3.63, 3.8) is 0 Å². The van der Waals surface area contributed by atoms with Crippen LogP contribution in [0.25, 0.3) is 10.2 Å². The quantitative estimate of drug-likeness (QED) is 0.356. The van der Waals surface area contributed by atoms with Crippen LogP contribution in [-0.4, -0.2) is 81.0 Å². The molecule has 0 bridgehead atoms. The molecule has 0 N–H and O–H groups in total. The Kier molecular flexibility index (Phi) is 9.21. The molecule has 2 saturated heterocycles. The number of thiazole rings is 1. The molecule has 0 spiro atoms. The maximum absolute atomic E-state index is 13.9. The van der Waals surface area contributed by atoms with E-state index in [9.17, 15) is 13.2 Å². The second kappa shape index (κ2) is 12.7. The van der Waals surface area contributed by atoms with Crippen molar-refractivity contribution in [3.05, 3.63) is 53.6 Å². The lowest BCUT2D eigenvalue weighted by molar-refractivity contribution is 0.0376. The first-order valence-electron chi connectivity index (χ1n) is 14.4. The minimum atomic E-state index is -3.61. The number of morpholine rings is 1. The predicted octanol–water partition coefficient (Wildman–Crippen LogP) is 4.89. The molecule has 1 amide bonds. The molecule has 2 atom stereocenters. The molecule has 3 heterocycles. The van der Waals surface area contributed by atoms with Gasteiger partial charge in [0.2, 0.25) is 10.0 Å². The Bertz CT molecular complexity index is 1410. The summed E-state index contributed by atoms with van der Waals surface area (Å²) in [4.78, 5) is 23.0. The van der Waals surface area contributed by atoms with Gasteiger partial charge in [0.05, 0.1) is 28.3 Å². The molecule has 0 aliphatic carbocycles. The molecule has 0 radical (unpaired) electrons. The number of sulfonamides is 1. The van der Waals surface area contributed by atoms with Gasteiger partial charge in [-0.1, -0.05) is 38.2 Å². The Morgan fingerprint density at radius 2 is 1.77 bits per heavy atom. The van der Waals surface area contributed by atoms with Crippen LogP contribution >= 0.6 is 11.3 Å². The fraction of sp³-hybridized carbons (Fsp3) is 0.533. The second-order valence-electron chi connectivity index (χ2n) is 11.2. The molecule has 2 aromatic carbocycles. The number of carbonyl (C=O) groups excluding carboxylic acids is 1. The van der Waals surface area contributed by atoms with E-state index in [0.717, 1.165) is 62.3 Å². The maximum Gasteiger partial charge on any atom is 0.260 e. The highest BCUT2D eigenvalue weighted by atomic mass is 32.2. The minimum Gasteiger partial charge on any atom is -0.379 e. The molecule has 8 nitrogen and oxygen atoms in total. The van der Waals surface area contributed by atoms with E-state index in [4.69, 9.17) is 9.72 Å². The van der Waals surface area contributed by atoms with Gasteiger partial charge in [-0.05, 0) is 73.1 Å². The average Bonchev–Trinajstić information content (AvgIpc) is 3.38. The van der Waals surface area contributed by atoms with Gasteiger partial charge in [-0.2, -0.15) is 4.31 Å². The maximum atomic E-state index is 13.9. The SMILES string of the molecule is CCc1ccc2nc(N(CCCN3CCOCC3)C(=O)c3ccc(S(=O)(=O)N4CC(C)CC(C)C4)cc3)sc2c1. The van der Waals surface area contributed by atoms with Crippen molar-refractivity contribution in [1.82, 2.24) is 14.2 Å². The van der Waals surface area contributed by atoms with Gasteiger partial charge in [0.15, 0.2) is 5.13 Å². The number of aromatic nitrogens is 1. The van der Waals surface area contributed by atoms with Gasteiger partial charge in [-0.15, -0.1) is 0 Å². The van der Waals surface area contributed by atoms with Crippen molar-refractivity contribution in [2.24, 2.45) is 11.8 Å². The Morgan fingerprint density at radius 1 is 1.07 bits per heavy atom. The molecular formula is C30H40N4O4S2. The van der Waals surface area contributed by atoms with Crippen molar-refractivity contribution >= 4 is 42.6 Å². The Hall–Kier alpha value is -2.37. The summed E-state index contributed by atoms with van der Waals surface area (Å²) in [6, 6.07) is 12.7. The fourth-order valence-electron chi connectivity index (χ4n) is 5.73. The van der Waals surface area contributed by atoms with Crippen molar-refractivity contribution in [2.75, 3.05) is 57.4 Å². The molecule has 40 heavy (non-hydrogen) atoms. The van der Waals surface area contributed by atoms with Crippen LogP contribution in [0.5, 0.6) is 0 Å². The minimum absolute atomic E-state index is 0.166. The van der Waals surface area contributed by atoms with Crippen LogP contribution in [0.2, 0.25) is 0 Å². The normalized spacial score (nSPS) is 21.1. The van der Waals surface area contributed by atoms with Crippen molar-refractivity contribution in [3.8, 4) is 0 Å². The van der Waals surface area contributed by atoms with Gasteiger partial charge in [0.25, 0.3) is 5.91 Å². The molecule has 216 valence electrons. The number of ether oxygens (including phenoxy) is 1. The fourth-order valence-corrected chi connectivity index (χ4v) is 8.46. The summed E-state index contributed by atoms with van der Waals surface area (Å²) in [6.45, 7) is 12.1. The molecular weight excluding hydrogens is 544 g/mol. The summed E-state index contributed by atoms with van der Waals surface area (Å²) >= 11 is 1.53. The lowest BCUT2D eigenvalue weighted by Crippen LogP contribution is -2.42. The number of carbonyl (C=O) groups is 1. The van der Waals surface area contributed by atoms with Gasteiger partial charge in [-0.3, -0.25) is 14.6 Å². The summed E-state index contributed by atoms with van der Waals surface area (Å²) in [5.74, 6) is 0.487. The van der Waals surface area contributed by atoms with Crippen LogP contribution < -0.4 is 4.90 Å². The lowest BCUT2D eigenvalue weighted by atomic mass is 9.94. The highest BCUT2D eigenvalue weighted by molar-refractivity contribution is 7.89. The number of hydrogen-bond acceptors (Lipinski definition) is 7. The Morgan fingerprint density at radius 3 is 2.45 bits per heavy atom. The number of piperidine rings is 1. The highest BCUT2D eigenvalue weighted by Crippen LogP contribution is 2.32. The third-order valence-corrected chi connectivity index (χ3v) is 10.7. The number of hydrogen-bond donors (Lipinski definition) is 0. The molecule has 2 unspecified atom stereocenters. The molecule has 5 rings (SSSR count). The van der Waals surface area contributed by atoms with Crippen LogP contribution in [0.3, 0.4) is 0 Å². The summed E-state index contributed by atoms with van der Waals surface area (Å²) in [7, 11) is -3.61. The Labute approximate surface area is 242 Å². The van der Waals surface area contributed by atoms with E-state index in [1.807, 2.05) is 6.07 Å². The first-order valence-corrected chi connectivity index (χ1v) is 16.6. The van der Waals surface area contributed by atoms with Gasteiger partial charge in [0, 0.05) is 44.8 Å². The number of aryl methyl sites for hydroxylation is 1. The highest BCUT2D eigenvalue weighted by Gasteiger charge is 2.32. The van der Waals surface area contributed by atoms with Crippen molar-refractivity contribution < 1.29 is 17.9 Å². The van der Waals surface area contributed by atoms with E-state index in [1.54, 1.807) is 33.5 Å². The molecule has 3 aromatic rings. The summed E-state index contributed by atoms with van der Waals surface area (Å²) in [5.41, 5.74) is 2.58. The van der Waals surface area contributed by atoms with Crippen molar-refractivity contribution in [2.45, 2.75) is 44.9 Å². The average molecular weight is 585 g/mol. The summed E-state index contributed by atoms with van der Waals surface area (Å²) in [6.07, 6.45) is 2.78. The molecule has 10 heteroatoms. The first kappa shape index (κ1) is 29.1. The monoisotopic (exact) mass is 584 g/mol. The third-order valence-electron chi connectivity index (χ3n) is 7.86. The van der Waals surface area contributed by atoms with Crippen LogP contribution in [0.1, 0.15) is 49.5 Å². The zero-order chi connectivity index (χ0) is 28.3. The molecule has 2 aliphatic heterocycles. The molecule has 2 aliphatic rings. The topological polar surface area (TPSA) is 83.0 Å². The van der Waals surface area contributed by atoms with E-state index < -0.39 is 10.0 Å². The number of fused-ring (bicyclic) bond motifs is 1. The van der Waals surface area contributed by atoms with Crippen LogP contribution in [0.4, 0.5) is 5.13 Å². The molecule has 1 aromatic heterocycles. The van der Waals surface area contributed by atoms with E-state index in [1.165, 1.54) is 16.9 Å². The lowest BCUT2D eigenvalue weighted by Gasteiger charge is -2.34. The number of anilines is 1. The summed E-state index contributed by atoms with van der Waals surface area (Å²) in [5, 5.41) is 0.670. The number of benzene rings is 2. The van der Waals surface area contributed by atoms with E-state index in [0.29, 0.717) is 42.2 Å². The van der Waals surface area contributed by atoms with Gasteiger partial charge in [-0.25, -0.2) is 13.4 Å². The van der Waals surface area contributed by atoms with Gasteiger partial charge >= 0.3 is 0 Å². The van der Waals surface area contributed by atoms with Crippen LogP contribution in [0, 0.1) is 11.8 Å². The molecule has 0 saturated carbocycles. The smallest absolute Gasteiger partial charge is 0.260 e. The van der Waals surface area contributed by atoms with Gasteiger partial charge in [0.1, 0.15) is 0 Å². The predicted molar refractivity (Wildman–Crippen MR) is 161 cm³/mol. The number of rotatable bonds is 9. The molecule has 2 fully saturated rings. The zero-order valence-electron chi connectivity index (χ0n) is 23.7. The van der Waals surface area contributed by atoms with Gasteiger partial charge < -0.3 is 4.74 Å². The van der Waals surface area contributed by atoms with E-state index >= 15 is 0 Å². The summed E-state index contributed by atoms with van der Waals surface area (Å²) < 4.78 is 34.9. The number of nitrogens with zero attached hydrogens (tertiary/aromatic N) is 4. The largest absolute Gasteiger partial charge is 0.379 e. The van der Waals surface area contributed by atoms with E-state index in [-0.39, 0.29) is 10.8 Å². The third kappa shape index (κ3) is 6.57. The van der Waals surface area contributed by atoms with Crippen LogP contribution in [0.15, 0.2) is 47.4 Å². The second-order valence-corrected chi connectivity index (χ2v) is 14.2. The Balaban J connectivity index is 1.37.